The number of hydrogen-bond acceptors (Lipinski definition) is 4. The highest BCUT2D eigenvalue weighted by Gasteiger charge is 2.10. The van der Waals surface area contributed by atoms with Gasteiger partial charge in [-0.25, -0.2) is 4.79 Å². The molecule has 0 aliphatic heterocycles. The zero-order chi connectivity index (χ0) is 12.7. The number of esters is 1. The van der Waals surface area contributed by atoms with Crippen LogP contribution in [0, 0.1) is 0 Å². The summed E-state index contributed by atoms with van der Waals surface area (Å²) >= 11 is 3.20. The zero-order valence-electron chi connectivity index (χ0n) is 9.40. The molecule has 1 aromatic rings. The average molecular weight is 301 g/mol. The fourth-order valence-corrected chi connectivity index (χ4v) is 1.42. The Labute approximate surface area is 108 Å². The number of ether oxygens (including phenoxy) is 1. The van der Waals surface area contributed by atoms with E-state index >= 15 is 0 Å². The molecular weight excluding hydrogens is 288 g/mol. The number of pyridine rings is 1. The maximum absolute atomic E-state index is 11.5. The van der Waals surface area contributed by atoms with Crippen molar-refractivity contribution in [3.8, 4) is 0 Å². The van der Waals surface area contributed by atoms with Gasteiger partial charge >= 0.3 is 5.97 Å². The van der Waals surface area contributed by atoms with E-state index < -0.39 is 5.97 Å². The molecule has 0 saturated heterocycles. The first-order valence-electron chi connectivity index (χ1n) is 5.18. The molecule has 17 heavy (non-hydrogen) atoms. The third-order valence-corrected chi connectivity index (χ3v) is 2.28. The van der Waals surface area contributed by atoms with Crippen LogP contribution in [0.4, 0.5) is 0 Å². The molecule has 1 aromatic heterocycles. The minimum atomic E-state index is -0.564. The van der Waals surface area contributed by atoms with E-state index in [1.807, 2.05) is 6.92 Å². The quantitative estimate of drug-likeness (QED) is 0.837. The van der Waals surface area contributed by atoms with Crippen molar-refractivity contribution in [1.82, 2.24) is 10.3 Å². The number of rotatable bonds is 5. The molecule has 0 fully saturated rings. The molecule has 0 aliphatic carbocycles. The van der Waals surface area contributed by atoms with Crippen molar-refractivity contribution in [3.05, 3.63) is 28.5 Å². The standard InChI is InChI=1S/C11H13BrN2O3/c1-2-3-14-10(15)7-17-11(16)8-4-9(12)6-13-5-8/h4-6H,2-3,7H2,1H3,(H,14,15). The topological polar surface area (TPSA) is 68.3 Å². The van der Waals surface area contributed by atoms with E-state index in [1.165, 1.54) is 6.20 Å². The number of aromatic nitrogens is 1. The molecule has 0 spiro atoms. The third-order valence-electron chi connectivity index (χ3n) is 1.85. The Morgan fingerprint density at radius 2 is 2.24 bits per heavy atom. The molecule has 6 heteroatoms. The maximum atomic E-state index is 11.5. The van der Waals surface area contributed by atoms with Crippen LogP contribution in [0.5, 0.6) is 0 Å². The monoisotopic (exact) mass is 300 g/mol. The van der Waals surface area contributed by atoms with Gasteiger partial charge in [0.1, 0.15) is 0 Å². The molecule has 0 aromatic carbocycles. The number of nitrogens with zero attached hydrogens (tertiary/aromatic N) is 1. The fourth-order valence-electron chi connectivity index (χ4n) is 1.05. The second-order valence-electron chi connectivity index (χ2n) is 3.32. The van der Waals surface area contributed by atoms with Crippen LogP contribution in [-0.2, 0) is 9.53 Å². The molecule has 0 saturated carbocycles. The van der Waals surface area contributed by atoms with E-state index in [9.17, 15) is 9.59 Å². The van der Waals surface area contributed by atoms with Gasteiger partial charge in [-0.1, -0.05) is 6.92 Å². The summed E-state index contributed by atoms with van der Waals surface area (Å²) in [5.74, 6) is -0.867. The fraction of sp³-hybridized carbons (Fsp3) is 0.364. The maximum Gasteiger partial charge on any atom is 0.340 e. The molecule has 0 aliphatic rings. The summed E-state index contributed by atoms with van der Waals surface area (Å²) < 4.78 is 5.51. The van der Waals surface area contributed by atoms with E-state index in [2.05, 4.69) is 26.2 Å². The molecule has 0 atom stereocenters. The lowest BCUT2D eigenvalue weighted by atomic mass is 10.3. The predicted octanol–water partition coefficient (Wildman–Crippen LogP) is 1.53. The van der Waals surface area contributed by atoms with Crippen LogP contribution in [0.2, 0.25) is 0 Å². The molecule has 0 bridgehead atoms. The Morgan fingerprint density at radius 1 is 1.47 bits per heavy atom. The van der Waals surface area contributed by atoms with Gasteiger partial charge in [0.15, 0.2) is 6.61 Å². The lowest BCUT2D eigenvalue weighted by molar-refractivity contribution is -0.124. The number of amides is 1. The second kappa shape index (κ2) is 7.01. The smallest absolute Gasteiger partial charge is 0.340 e. The molecule has 1 N–H and O–H groups in total. The van der Waals surface area contributed by atoms with Crippen LogP contribution in [0.25, 0.3) is 0 Å². The van der Waals surface area contributed by atoms with Crippen molar-refractivity contribution in [3.63, 3.8) is 0 Å². The molecule has 5 nitrogen and oxygen atoms in total. The first kappa shape index (κ1) is 13.6. The summed E-state index contributed by atoms with van der Waals surface area (Å²) in [5, 5.41) is 2.61. The van der Waals surface area contributed by atoms with E-state index in [0.717, 1.165) is 6.42 Å². The summed E-state index contributed by atoms with van der Waals surface area (Å²) in [5.41, 5.74) is 0.308. The number of carbonyl (C=O) groups is 2. The van der Waals surface area contributed by atoms with Crippen LogP contribution in [0.15, 0.2) is 22.9 Å². The highest BCUT2D eigenvalue weighted by molar-refractivity contribution is 9.10. The van der Waals surface area contributed by atoms with Crippen LogP contribution in [0.1, 0.15) is 23.7 Å². The third kappa shape index (κ3) is 4.95. The lowest BCUT2D eigenvalue weighted by Crippen LogP contribution is -2.29. The summed E-state index contributed by atoms with van der Waals surface area (Å²) in [7, 11) is 0. The van der Waals surface area contributed by atoms with Gasteiger partial charge in [-0.15, -0.1) is 0 Å². The van der Waals surface area contributed by atoms with Gasteiger partial charge in [-0.2, -0.15) is 0 Å². The molecule has 0 unspecified atom stereocenters. The Bertz CT molecular complexity index is 409. The Kier molecular flexibility index (Phi) is 5.62. The molecular formula is C11H13BrN2O3. The van der Waals surface area contributed by atoms with Gasteiger partial charge in [0.2, 0.25) is 0 Å². The van der Waals surface area contributed by atoms with Gasteiger partial charge in [-0.3, -0.25) is 9.78 Å². The van der Waals surface area contributed by atoms with Gasteiger partial charge < -0.3 is 10.1 Å². The average Bonchev–Trinajstić information content (AvgIpc) is 2.33. The van der Waals surface area contributed by atoms with Crippen molar-refractivity contribution < 1.29 is 14.3 Å². The summed E-state index contributed by atoms with van der Waals surface area (Å²) in [6.07, 6.45) is 3.79. The van der Waals surface area contributed by atoms with Gasteiger partial charge in [0, 0.05) is 23.4 Å². The van der Waals surface area contributed by atoms with Gasteiger partial charge in [0.25, 0.3) is 5.91 Å². The number of carbonyl (C=O) groups excluding carboxylic acids is 2. The number of nitrogens with one attached hydrogen (secondary N) is 1. The lowest BCUT2D eigenvalue weighted by Gasteiger charge is -2.05. The Hall–Kier alpha value is -1.43. The zero-order valence-corrected chi connectivity index (χ0v) is 11.0. The normalized spacial score (nSPS) is 9.76. The van der Waals surface area contributed by atoms with E-state index in [-0.39, 0.29) is 12.5 Å². The predicted molar refractivity (Wildman–Crippen MR) is 65.5 cm³/mol. The molecule has 0 radical (unpaired) electrons. The minimum Gasteiger partial charge on any atom is -0.452 e. The SMILES string of the molecule is CCCNC(=O)COC(=O)c1cncc(Br)c1. The molecule has 1 amide bonds. The number of halogens is 1. The summed E-state index contributed by atoms with van der Waals surface area (Å²) in [6, 6.07) is 1.58. The van der Waals surface area contributed by atoms with Crippen LogP contribution in [0.3, 0.4) is 0 Å². The largest absolute Gasteiger partial charge is 0.452 e. The highest BCUT2D eigenvalue weighted by Crippen LogP contribution is 2.10. The summed E-state index contributed by atoms with van der Waals surface area (Å²) in [6.45, 7) is 2.25. The van der Waals surface area contributed by atoms with E-state index in [0.29, 0.717) is 16.6 Å². The first-order valence-corrected chi connectivity index (χ1v) is 5.97. The second-order valence-corrected chi connectivity index (χ2v) is 4.23. The van der Waals surface area contributed by atoms with Crippen molar-refractivity contribution in [1.29, 1.82) is 0 Å². The molecule has 1 rings (SSSR count). The van der Waals surface area contributed by atoms with Crippen molar-refractivity contribution in [2.75, 3.05) is 13.2 Å². The van der Waals surface area contributed by atoms with Crippen molar-refractivity contribution in [2.24, 2.45) is 0 Å². The Morgan fingerprint density at radius 3 is 2.88 bits per heavy atom. The van der Waals surface area contributed by atoms with Crippen molar-refractivity contribution in [2.45, 2.75) is 13.3 Å². The first-order chi connectivity index (χ1) is 8.13. The van der Waals surface area contributed by atoms with Gasteiger partial charge in [-0.05, 0) is 28.4 Å². The van der Waals surface area contributed by atoms with Crippen LogP contribution >= 0.6 is 15.9 Å². The molecule has 92 valence electrons. The highest BCUT2D eigenvalue weighted by atomic mass is 79.9. The summed E-state index contributed by atoms with van der Waals surface area (Å²) in [4.78, 5) is 26.5. The van der Waals surface area contributed by atoms with E-state index in [1.54, 1.807) is 12.3 Å². The van der Waals surface area contributed by atoms with Gasteiger partial charge in [0.05, 0.1) is 5.56 Å². The minimum absolute atomic E-state index is 0.272. The van der Waals surface area contributed by atoms with E-state index in [4.69, 9.17) is 4.74 Å². The Balaban J connectivity index is 2.42. The van der Waals surface area contributed by atoms with Crippen LogP contribution in [-0.4, -0.2) is 30.0 Å². The molecule has 1 heterocycles. The van der Waals surface area contributed by atoms with Crippen LogP contribution < -0.4 is 5.32 Å². The number of hydrogen-bond donors (Lipinski definition) is 1. The van der Waals surface area contributed by atoms with Crippen molar-refractivity contribution >= 4 is 27.8 Å².